The first kappa shape index (κ1) is 25.1. The number of likely N-dealkylation sites (N-methyl/N-ethyl adjacent to an activating group) is 2. The van der Waals surface area contributed by atoms with Gasteiger partial charge in [-0.3, -0.25) is 4.79 Å². The number of hydrogen-bond acceptors (Lipinski definition) is 4. The van der Waals surface area contributed by atoms with E-state index in [-0.39, 0.29) is 35.3 Å². The van der Waals surface area contributed by atoms with Crippen LogP contribution >= 0.6 is 35.3 Å². The van der Waals surface area contributed by atoms with E-state index in [4.69, 9.17) is 0 Å². The molecule has 1 amide bonds. The van der Waals surface area contributed by atoms with Gasteiger partial charge in [0.25, 0.3) is 0 Å². The number of nitrogens with one attached hydrogen (secondary N) is 1. The molecular weight excluding hydrogens is 461 g/mol. The molecule has 0 saturated heterocycles. The van der Waals surface area contributed by atoms with Gasteiger partial charge in [-0.15, -0.1) is 35.3 Å². The Hall–Kier alpha value is -0.900. The highest BCUT2D eigenvalue weighted by Crippen LogP contribution is 2.24. The molecule has 0 aliphatic carbocycles. The molecule has 1 heterocycles. The minimum absolute atomic E-state index is 0. The molecule has 0 unspecified atom stereocenters. The molecule has 0 bridgehead atoms. The lowest BCUT2D eigenvalue weighted by atomic mass is 9.93. The highest BCUT2D eigenvalue weighted by molar-refractivity contribution is 14.0. The van der Waals surface area contributed by atoms with Crippen molar-refractivity contribution < 1.29 is 4.79 Å². The molecule has 1 aromatic heterocycles. The quantitative estimate of drug-likeness (QED) is 0.358. The van der Waals surface area contributed by atoms with Crippen molar-refractivity contribution >= 4 is 47.2 Å². The first-order chi connectivity index (χ1) is 11.7. The molecule has 1 rings (SSSR count). The minimum Gasteiger partial charge on any atom is -0.357 e. The van der Waals surface area contributed by atoms with Gasteiger partial charge in [-0.05, 0) is 20.8 Å². The topological polar surface area (TPSA) is 60.8 Å². The minimum atomic E-state index is 0. The van der Waals surface area contributed by atoms with E-state index in [1.807, 2.05) is 37.6 Å². The van der Waals surface area contributed by atoms with E-state index in [0.717, 1.165) is 36.3 Å². The Morgan fingerprint density at radius 2 is 1.88 bits per heavy atom. The van der Waals surface area contributed by atoms with Gasteiger partial charge in [0.1, 0.15) is 5.01 Å². The van der Waals surface area contributed by atoms with Crippen molar-refractivity contribution in [3.8, 4) is 0 Å². The van der Waals surface area contributed by atoms with Crippen molar-refractivity contribution in [2.24, 2.45) is 4.99 Å². The SMILES string of the molecule is CCNC(=NCc1nc(C(C)(C)C)cs1)N(C)CC(=O)N(CC)CC.I. The maximum Gasteiger partial charge on any atom is 0.242 e. The lowest BCUT2D eigenvalue weighted by Gasteiger charge is -2.25. The molecule has 0 aliphatic heterocycles. The molecule has 0 spiro atoms. The fourth-order valence-electron chi connectivity index (χ4n) is 2.29. The van der Waals surface area contributed by atoms with Crippen molar-refractivity contribution in [1.29, 1.82) is 0 Å². The van der Waals surface area contributed by atoms with Gasteiger partial charge in [-0.25, -0.2) is 9.98 Å². The second-order valence-electron chi connectivity index (χ2n) is 6.97. The van der Waals surface area contributed by atoms with Crippen LogP contribution in [-0.4, -0.2) is 59.9 Å². The smallest absolute Gasteiger partial charge is 0.242 e. The van der Waals surface area contributed by atoms with E-state index < -0.39 is 0 Å². The van der Waals surface area contributed by atoms with Crippen LogP contribution in [0.15, 0.2) is 10.4 Å². The number of guanidine groups is 1. The number of nitrogens with zero attached hydrogens (tertiary/aromatic N) is 4. The average Bonchev–Trinajstić information content (AvgIpc) is 3.01. The predicted molar refractivity (Wildman–Crippen MR) is 122 cm³/mol. The zero-order valence-corrected chi connectivity index (χ0v) is 20.3. The van der Waals surface area contributed by atoms with E-state index in [0.29, 0.717) is 13.1 Å². The Morgan fingerprint density at radius 3 is 2.35 bits per heavy atom. The summed E-state index contributed by atoms with van der Waals surface area (Å²) >= 11 is 1.63. The van der Waals surface area contributed by atoms with Crippen LogP contribution in [0.2, 0.25) is 0 Å². The summed E-state index contributed by atoms with van der Waals surface area (Å²) in [4.78, 5) is 25.3. The number of carbonyl (C=O) groups is 1. The van der Waals surface area contributed by atoms with Gasteiger partial charge in [-0.1, -0.05) is 20.8 Å². The van der Waals surface area contributed by atoms with Gasteiger partial charge in [0.15, 0.2) is 5.96 Å². The normalized spacial score (nSPS) is 11.7. The number of rotatable bonds is 7. The van der Waals surface area contributed by atoms with Gasteiger partial charge < -0.3 is 15.1 Å². The molecule has 0 saturated carbocycles. The molecule has 0 aromatic carbocycles. The van der Waals surface area contributed by atoms with Gasteiger partial charge in [0, 0.05) is 37.5 Å². The second-order valence-corrected chi connectivity index (χ2v) is 7.91. The Morgan fingerprint density at radius 1 is 1.27 bits per heavy atom. The van der Waals surface area contributed by atoms with Crippen molar-refractivity contribution in [2.45, 2.75) is 53.5 Å². The van der Waals surface area contributed by atoms with E-state index in [1.165, 1.54) is 0 Å². The third kappa shape index (κ3) is 7.77. The summed E-state index contributed by atoms with van der Waals surface area (Å²) in [6.07, 6.45) is 0. The van der Waals surface area contributed by atoms with Crippen molar-refractivity contribution in [3.05, 3.63) is 16.1 Å². The summed E-state index contributed by atoms with van der Waals surface area (Å²) in [7, 11) is 1.89. The van der Waals surface area contributed by atoms with Crippen LogP contribution in [0.3, 0.4) is 0 Å². The van der Waals surface area contributed by atoms with Gasteiger partial charge in [0.2, 0.25) is 5.91 Å². The third-order valence-corrected chi connectivity index (χ3v) is 4.70. The fourth-order valence-corrected chi connectivity index (χ4v) is 3.24. The highest BCUT2D eigenvalue weighted by atomic mass is 127. The molecule has 1 N–H and O–H groups in total. The van der Waals surface area contributed by atoms with Crippen LogP contribution < -0.4 is 5.32 Å². The first-order valence-electron chi connectivity index (χ1n) is 8.94. The van der Waals surface area contributed by atoms with Crippen molar-refractivity contribution in [2.75, 3.05) is 33.2 Å². The predicted octanol–water partition coefficient (Wildman–Crippen LogP) is 3.32. The number of carbonyl (C=O) groups excluding carboxylic acids is 1. The number of aromatic nitrogens is 1. The first-order valence-corrected chi connectivity index (χ1v) is 9.82. The molecule has 0 atom stereocenters. The number of hydrogen-bond donors (Lipinski definition) is 1. The number of thiazole rings is 1. The van der Waals surface area contributed by atoms with Gasteiger partial charge >= 0.3 is 0 Å². The van der Waals surface area contributed by atoms with E-state index in [2.05, 4.69) is 41.4 Å². The number of halogens is 1. The van der Waals surface area contributed by atoms with Crippen molar-refractivity contribution in [1.82, 2.24) is 20.1 Å². The maximum atomic E-state index is 12.3. The summed E-state index contributed by atoms with van der Waals surface area (Å²) in [5, 5.41) is 6.34. The van der Waals surface area contributed by atoms with Crippen LogP contribution in [0.1, 0.15) is 52.2 Å². The zero-order valence-electron chi connectivity index (χ0n) is 17.1. The van der Waals surface area contributed by atoms with Crippen LogP contribution in [0.4, 0.5) is 0 Å². The van der Waals surface area contributed by atoms with Crippen LogP contribution in [0.5, 0.6) is 0 Å². The van der Waals surface area contributed by atoms with E-state index in [9.17, 15) is 4.79 Å². The molecule has 0 fully saturated rings. The molecular formula is C18H34IN5OS. The van der Waals surface area contributed by atoms with E-state index in [1.54, 1.807) is 11.3 Å². The van der Waals surface area contributed by atoms with Crippen LogP contribution in [0.25, 0.3) is 0 Å². The Bertz CT molecular complexity index is 578. The molecule has 150 valence electrons. The average molecular weight is 495 g/mol. The largest absolute Gasteiger partial charge is 0.357 e. The summed E-state index contributed by atoms with van der Waals surface area (Å²) in [5.41, 5.74) is 1.15. The Kier molecular flexibility index (Phi) is 11.3. The molecule has 8 heteroatoms. The summed E-state index contributed by atoms with van der Waals surface area (Å²) in [6.45, 7) is 15.5. The lowest BCUT2D eigenvalue weighted by molar-refractivity contribution is -0.131. The summed E-state index contributed by atoms with van der Waals surface area (Å²) < 4.78 is 0. The monoisotopic (exact) mass is 495 g/mol. The summed E-state index contributed by atoms with van der Waals surface area (Å²) in [6, 6.07) is 0. The Balaban J connectivity index is 0.00000625. The molecule has 0 radical (unpaired) electrons. The highest BCUT2D eigenvalue weighted by Gasteiger charge is 2.18. The van der Waals surface area contributed by atoms with Crippen LogP contribution in [0, 0.1) is 0 Å². The molecule has 6 nitrogen and oxygen atoms in total. The lowest BCUT2D eigenvalue weighted by Crippen LogP contribution is -2.45. The zero-order chi connectivity index (χ0) is 19.0. The van der Waals surface area contributed by atoms with E-state index >= 15 is 0 Å². The molecule has 0 aliphatic rings. The summed E-state index contributed by atoms with van der Waals surface area (Å²) in [5.74, 6) is 0.845. The van der Waals surface area contributed by atoms with Gasteiger partial charge in [0.05, 0.1) is 18.8 Å². The standard InChI is InChI=1S/C18H33N5OS.HI/c1-8-19-17(22(7)12-16(24)23(9-2)10-3)20-11-15-21-14(13-25-15)18(4,5)6;/h13H,8-12H2,1-7H3,(H,19,20);1H. The number of amides is 1. The third-order valence-electron chi connectivity index (χ3n) is 3.87. The van der Waals surface area contributed by atoms with Crippen LogP contribution in [-0.2, 0) is 16.8 Å². The fraction of sp³-hybridized carbons (Fsp3) is 0.722. The maximum absolute atomic E-state index is 12.3. The molecule has 1 aromatic rings. The molecule has 26 heavy (non-hydrogen) atoms. The second kappa shape index (κ2) is 11.7. The number of aliphatic imine (C=N–C) groups is 1. The Labute approximate surface area is 179 Å². The van der Waals surface area contributed by atoms with Gasteiger partial charge in [-0.2, -0.15) is 0 Å². The van der Waals surface area contributed by atoms with Crippen molar-refractivity contribution in [3.63, 3.8) is 0 Å².